The van der Waals surface area contributed by atoms with Gasteiger partial charge in [0, 0.05) is 36.8 Å². The van der Waals surface area contributed by atoms with Crippen LogP contribution in [0.25, 0.3) is 10.9 Å². The van der Waals surface area contributed by atoms with E-state index in [2.05, 4.69) is 27.2 Å². The molecule has 13 heteroatoms. The highest BCUT2D eigenvalue weighted by atomic mass is 32.2. The summed E-state index contributed by atoms with van der Waals surface area (Å²) in [5.41, 5.74) is 2.15. The summed E-state index contributed by atoms with van der Waals surface area (Å²) in [6.07, 6.45) is -5.01. The minimum atomic E-state index is -4.48. The van der Waals surface area contributed by atoms with Gasteiger partial charge in [-0.1, -0.05) is 12.0 Å². The van der Waals surface area contributed by atoms with Gasteiger partial charge in [0.25, 0.3) is 0 Å². The minimum Gasteiger partial charge on any atom is -0.495 e. The van der Waals surface area contributed by atoms with E-state index < -0.39 is 35.0 Å². The Hall–Kier alpha value is -3.47. The van der Waals surface area contributed by atoms with Crippen LogP contribution in [0.3, 0.4) is 0 Å². The van der Waals surface area contributed by atoms with Crippen molar-refractivity contribution >= 4 is 32.3 Å². The lowest BCUT2D eigenvalue weighted by Crippen LogP contribution is -2.46. The second-order valence-electron chi connectivity index (χ2n) is 9.93. The number of sulfonamides is 1. The third-order valence-corrected chi connectivity index (χ3v) is 8.56. The number of likely N-dealkylation sites (tertiary alicyclic amines) is 1. The van der Waals surface area contributed by atoms with Crippen molar-refractivity contribution in [2.75, 3.05) is 44.4 Å². The number of aromatic nitrogens is 1. The Morgan fingerprint density at radius 3 is 2.73 bits per heavy atom. The summed E-state index contributed by atoms with van der Waals surface area (Å²) in [5.74, 6) is 6.00. The van der Waals surface area contributed by atoms with E-state index in [0.717, 1.165) is 4.57 Å². The first kappa shape index (κ1) is 28.1. The first-order valence-corrected chi connectivity index (χ1v) is 14.1. The maximum absolute atomic E-state index is 14.7. The van der Waals surface area contributed by atoms with Crippen LogP contribution in [0.5, 0.6) is 5.75 Å². The Morgan fingerprint density at radius 1 is 1.20 bits per heavy atom. The Morgan fingerprint density at radius 2 is 2.00 bits per heavy atom. The van der Waals surface area contributed by atoms with E-state index in [-0.39, 0.29) is 30.2 Å². The Bertz CT molecular complexity index is 1590. The van der Waals surface area contributed by atoms with Crippen molar-refractivity contribution in [2.24, 2.45) is 0 Å². The van der Waals surface area contributed by atoms with E-state index in [1.165, 1.54) is 13.2 Å². The number of anilines is 2. The normalized spacial score (nSPS) is 20.6. The number of hydrogen-bond donors (Lipinski definition) is 3. The highest BCUT2D eigenvalue weighted by Crippen LogP contribution is 2.34. The molecule has 214 valence electrons. The first-order chi connectivity index (χ1) is 18.9. The molecule has 3 aromatic rings. The van der Waals surface area contributed by atoms with Crippen LogP contribution >= 0.6 is 0 Å². The Kier molecular flexibility index (Phi) is 7.60. The largest absolute Gasteiger partial charge is 0.495 e. The zero-order chi connectivity index (χ0) is 28.7. The molecule has 0 amide bonds. The first-order valence-electron chi connectivity index (χ1n) is 12.7. The van der Waals surface area contributed by atoms with Gasteiger partial charge in [0.05, 0.1) is 41.5 Å². The number of methoxy groups -OCH3 is 1. The van der Waals surface area contributed by atoms with Crippen LogP contribution in [0.2, 0.25) is 0 Å². The van der Waals surface area contributed by atoms with Crippen LogP contribution in [0.15, 0.2) is 41.3 Å². The van der Waals surface area contributed by atoms with Crippen molar-refractivity contribution in [1.82, 2.24) is 14.2 Å². The maximum Gasteiger partial charge on any atom is 0.406 e. The fourth-order valence-corrected chi connectivity index (χ4v) is 6.35. The fraction of sp³-hybridized carbons (Fsp3) is 0.407. The van der Waals surface area contributed by atoms with Crippen molar-refractivity contribution < 1.29 is 30.7 Å². The summed E-state index contributed by atoms with van der Waals surface area (Å²) in [4.78, 5) is 2.05. The number of ether oxygens (including phenoxy) is 1. The molecule has 5 rings (SSSR count). The molecule has 0 bridgehead atoms. The van der Waals surface area contributed by atoms with Crippen LogP contribution in [-0.4, -0.2) is 70.1 Å². The van der Waals surface area contributed by atoms with Crippen LogP contribution in [0.4, 0.5) is 28.9 Å². The zero-order valence-corrected chi connectivity index (χ0v) is 22.7. The number of alkyl halides is 4. The van der Waals surface area contributed by atoms with Gasteiger partial charge in [-0.2, -0.15) is 13.2 Å². The molecule has 40 heavy (non-hydrogen) atoms. The van der Waals surface area contributed by atoms with E-state index in [1.807, 2.05) is 11.9 Å². The molecule has 8 nitrogen and oxygen atoms in total. The van der Waals surface area contributed by atoms with Gasteiger partial charge >= 0.3 is 6.18 Å². The van der Waals surface area contributed by atoms with Crippen LogP contribution < -0.4 is 20.1 Å². The molecular weight excluding hydrogens is 550 g/mol. The second kappa shape index (κ2) is 10.8. The Balaban J connectivity index is 1.42. The molecular formula is C27H29F4N5O3S. The molecule has 1 fully saturated rings. The SMILES string of the molecule is COc1cc2c(cc1NCC#Cc1cc3c(N[C@@H]4CCN(C)C[C@@H]4F)cccc3n1CC(F)(F)F)CNS2(=O)=O. The molecule has 1 saturated heterocycles. The number of nitrogens with one attached hydrogen (secondary N) is 3. The molecule has 3 N–H and O–H groups in total. The summed E-state index contributed by atoms with van der Waals surface area (Å²) < 4.78 is 88.3. The molecule has 0 spiro atoms. The summed E-state index contributed by atoms with van der Waals surface area (Å²) in [6, 6.07) is 9.18. The smallest absolute Gasteiger partial charge is 0.406 e. The third kappa shape index (κ3) is 5.84. The van der Waals surface area contributed by atoms with Gasteiger partial charge in [0.1, 0.15) is 18.5 Å². The number of piperidine rings is 1. The molecule has 2 aromatic carbocycles. The number of nitrogens with zero attached hydrogens (tertiary/aromatic N) is 2. The van der Waals surface area contributed by atoms with Crippen LogP contribution in [-0.2, 0) is 23.1 Å². The van der Waals surface area contributed by atoms with Gasteiger partial charge in [-0.15, -0.1) is 0 Å². The maximum atomic E-state index is 14.7. The van der Waals surface area contributed by atoms with Gasteiger partial charge in [-0.25, -0.2) is 17.5 Å². The molecule has 2 aliphatic rings. The van der Waals surface area contributed by atoms with Crippen molar-refractivity contribution in [3.05, 3.63) is 47.7 Å². The number of fused-ring (bicyclic) bond motifs is 2. The van der Waals surface area contributed by atoms with Crippen molar-refractivity contribution in [1.29, 1.82) is 0 Å². The monoisotopic (exact) mass is 579 g/mol. The minimum absolute atomic E-state index is 0.0626. The number of rotatable bonds is 6. The predicted octanol–water partition coefficient (Wildman–Crippen LogP) is 3.92. The Labute approximate surface area is 229 Å². The highest BCUT2D eigenvalue weighted by Gasteiger charge is 2.31. The van der Waals surface area contributed by atoms with E-state index >= 15 is 0 Å². The number of halogens is 4. The highest BCUT2D eigenvalue weighted by molar-refractivity contribution is 7.89. The van der Waals surface area contributed by atoms with Gasteiger partial charge in [-0.3, -0.25) is 0 Å². The van der Waals surface area contributed by atoms with E-state index in [4.69, 9.17) is 4.74 Å². The second-order valence-corrected chi connectivity index (χ2v) is 11.7. The average Bonchev–Trinajstić information content (AvgIpc) is 3.38. The van der Waals surface area contributed by atoms with Crippen molar-refractivity contribution in [3.63, 3.8) is 0 Å². The molecule has 2 aliphatic heterocycles. The standard InChI is InChI=1S/C27H29F4N5O3S/c1-35-10-8-22(20(28)15-35)34-21-6-3-7-24-19(21)12-18(36(24)16-27(29,30)31)5-4-9-32-23-11-17-14-33-40(37,38)26(17)13-25(23)39-2/h3,6-7,11-13,20,22,32-34H,8-10,14-16H2,1-2H3/t20-,22+/m0/s1. The molecule has 0 radical (unpaired) electrons. The van der Waals surface area contributed by atoms with E-state index in [0.29, 0.717) is 46.6 Å². The average molecular weight is 580 g/mol. The summed E-state index contributed by atoms with van der Waals surface area (Å²) in [5, 5.41) is 6.79. The van der Waals surface area contributed by atoms with Gasteiger partial charge < -0.3 is 24.8 Å². The van der Waals surface area contributed by atoms with Crippen LogP contribution in [0, 0.1) is 11.8 Å². The topological polar surface area (TPSA) is 87.6 Å². The van der Waals surface area contributed by atoms with Crippen LogP contribution in [0.1, 0.15) is 17.7 Å². The van der Waals surface area contributed by atoms with E-state index in [9.17, 15) is 26.0 Å². The van der Waals surface area contributed by atoms with Crippen molar-refractivity contribution in [2.45, 2.75) is 42.8 Å². The lowest BCUT2D eigenvalue weighted by atomic mass is 10.0. The summed E-state index contributed by atoms with van der Waals surface area (Å²) in [6.45, 7) is -0.0107. The fourth-order valence-electron chi connectivity index (χ4n) is 5.11. The molecule has 0 saturated carbocycles. The third-order valence-electron chi connectivity index (χ3n) is 7.08. The molecule has 0 aliphatic carbocycles. The van der Waals surface area contributed by atoms with Gasteiger partial charge in [-0.05, 0) is 49.2 Å². The lowest BCUT2D eigenvalue weighted by Gasteiger charge is -2.33. The zero-order valence-electron chi connectivity index (χ0n) is 21.9. The summed E-state index contributed by atoms with van der Waals surface area (Å²) in [7, 11) is -0.318. The van der Waals surface area contributed by atoms with Gasteiger partial charge in [0.15, 0.2) is 0 Å². The molecule has 0 unspecified atom stereocenters. The summed E-state index contributed by atoms with van der Waals surface area (Å²) >= 11 is 0. The van der Waals surface area contributed by atoms with E-state index in [1.54, 1.807) is 30.3 Å². The quantitative estimate of drug-likeness (QED) is 0.303. The number of benzene rings is 2. The molecule has 2 atom stereocenters. The molecule has 1 aromatic heterocycles. The van der Waals surface area contributed by atoms with Gasteiger partial charge in [0.2, 0.25) is 10.0 Å². The molecule has 3 heterocycles. The van der Waals surface area contributed by atoms with Crippen molar-refractivity contribution in [3.8, 4) is 17.6 Å². The number of hydrogen-bond acceptors (Lipinski definition) is 6. The lowest BCUT2D eigenvalue weighted by molar-refractivity contribution is -0.140. The predicted molar refractivity (Wildman–Crippen MR) is 145 cm³/mol.